The highest BCUT2D eigenvalue weighted by Gasteiger charge is 2.13. The van der Waals surface area contributed by atoms with Gasteiger partial charge in [-0.2, -0.15) is 0 Å². The summed E-state index contributed by atoms with van der Waals surface area (Å²) in [4.78, 5) is 23.5. The SMILES string of the molecule is CC(Nc1ccc(Oc2ccccc2Cl)cc1)C(=O)Nc1ccc(C(N)=O)cc1. The molecule has 0 bridgehead atoms. The van der Waals surface area contributed by atoms with E-state index in [9.17, 15) is 9.59 Å². The number of hydrogen-bond acceptors (Lipinski definition) is 4. The van der Waals surface area contributed by atoms with Crippen LogP contribution >= 0.6 is 11.6 Å². The van der Waals surface area contributed by atoms with E-state index in [-0.39, 0.29) is 5.91 Å². The number of carbonyl (C=O) groups is 2. The van der Waals surface area contributed by atoms with E-state index in [1.165, 1.54) is 0 Å². The lowest BCUT2D eigenvalue weighted by molar-refractivity contribution is -0.116. The number of benzene rings is 3. The fraction of sp³-hybridized carbons (Fsp3) is 0.0909. The molecule has 0 heterocycles. The van der Waals surface area contributed by atoms with Crippen molar-refractivity contribution in [3.05, 3.63) is 83.4 Å². The van der Waals surface area contributed by atoms with Crippen LogP contribution in [0.25, 0.3) is 0 Å². The summed E-state index contributed by atoms with van der Waals surface area (Å²) in [6.07, 6.45) is 0. The third-order valence-electron chi connectivity index (χ3n) is 4.13. The minimum atomic E-state index is -0.514. The fourth-order valence-electron chi connectivity index (χ4n) is 2.56. The maximum absolute atomic E-state index is 12.4. The number of ether oxygens (including phenoxy) is 1. The molecule has 0 saturated carbocycles. The number of anilines is 2. The molecular weight excluding hydrogens is 390 g/mol. The van der Waals surface area contributed by atoms with Crippen LogP contribution < -0.4 is 21.1 Å². The molecule has 148 valence electrons. The van der Waals surface area contributed by atoms with Gasteiger partial charge in [-0.15, -0.1) is 0 Å². The van der Waals surface area contributed by atoms with Gasteiger partial charge in [0.15, 0.2) is 0 Å². The molecule has 0 spiro atoms. The van der Waals surface area contributed by atoms with Crippen molar-refractivity contribution in [3.63, 3.8) is 0 Å². The van der Waals surface area contributed by atoms with Gasteiger partial charge in [0.1, 0.15) is 17.5 Å². The van der Waals surface area contributed by atoms with Crippen LogP contribution in [-0.4, -0.2) is 17.9 Å². The first-order chi connectivity index (χ1) is 13.9. The lowest BCUT2D eigenvalue weighted by Crippen LogP contribution is -2.31. The molecule has 2 amide bonds. The van der Waals surface area contributed by atoms with Gasteiger partial charge in [0.2, 0.25) is 11.8 Å². The van der Waals surface area contributed by atoms with Gasteiger partial charge in [-0.25, -0.2) is 0 Å². The highest BCUT2D eigenvalue weighted by molar-refractivity contribution is 6.32. The van der Waals surface area contributed by atoms with Gasteiger partial charge in [0.05, 0.1) is 5.02 Å². The number of halogens is 1. The van der Waals surface area contributed by atoms with E-state index in [2.05, 4.69) is 10.6 Å². The van der Waals surface area contributed by atoms with Crippen molar-refractivity contribution in [1.29, 1.82) is 0 Å². The van der Waals surface area contributed by atoms with Crippen molar-refractivity contribution >= 4 is 34.8 Å². The highest BCUT2D eigenvalue weighted by Crippen LogP contribution is 2.29. The summed E-state index contributed by atoms with van der Waals surface area (Å²) in [5.74, 6) is 0.480. The molecule has 0 aliphatic heterocycles. The van der Waals surface area contributed by atoms with Gasteiger partial charge in [-0.05, 0) is 67.6 Å². The zero-order valence-electron chi connectivity index (χ0n) is 15.7. The van der Waals surface area contributed by atoms with E-state index < -0.39 is 11.9 Å². The molecule has 3 aromatic carbocycles. The van der Waals surface area contributed by atoms with Crippen molar-refractivity contribution in [2.24, 2.45) is 5.73 Å². The standard InChI is InChI=1S/C22H20ClN3O3/c1-14(22(28)26-17-8-6-15(7-9-17)21(24)27)25-16-10-12-18(13-11-16)29-20-5-3-2-4-19(20)23/h2-14,25H,1H3,(H2,24,27)(H,26,28). The van der Waals surface area contributed by atoms with E-state index in [4.69, 9.17) is 22.1 Å². The summed E-state index contributed by atoms with van der Waals surface area (Å²) in [6.45, 7) is 1.75. The Morgan fingerprint density at radius 3 is 2.17 bits per heavy atom. The number of primary amides is 1. The Bertz CT molecular complexity index is 1000. The molecular formula is C22H20ClN3O3. The molecule has 0 fully saturated rings. The topological polar surface area (TPSA) is 93.4 Å². The van der Waals surface area contributed by atoms with Gasteiger partial charge in [-0.3, -0.25) is 9.59 Å². The van der Waals surface area contributed by atoms with E-state index in [0.29, 0.717) is 27.8 Å². The Kier molecular flexibility index (Phi) is 6.36. The maximum Gasteiger partial charge on any atom is 0.248 e. The van der Waals surface area contributed by atoms with E-state index in [0.717, 1.165) is 5.69 Å². The molecule has 0 aliphatic rings. The van der Waals surface area contributed by atoms with Crippen LogP contribution in [-0.2, 0) is 4.79 Å². The molecule has 0 saturated heterocycles. The molecule has 1 unspecified atom stereocenters. The van der Waals surface area contributed by atoms with Gasteiger partial charge in [0.25, 0.3) is 0 Å². The molecule has 0 aromatic heterocycles. The molecule has 0 radical (unpaired) electrons. The fourth-order valence-corrected chi connectivity index (χ4v) is 2.73. The van der Waals surface area contributed by atoms with E-state index in [1.807, 2.05) is 24.3 Å². The van der Waals surface area contributed by atoms with Gasteiger partial charge in [-0.1, -0.05) is 23.7 Å². The van der Waals surface area contributed by atoms with Crippen molar-refractivity contribution in [1.82, 2.24) is 0 Å². The molecule has 29 heavy (non-hydrogen) atoms. The molecule has 0 aliphatic carbocycles. The normalized spacial score (nSPS) is 11.4. The quantitative estimate of drug-likeness (QED) is 0.528. The van der Waals surface area contributed by atoms with Crippen molar-refractivity contribution in [3.8, 4) is 11.5 Å². The predicted molar refractivity (Wildman–Crippen MR) is 115 cm³/mol. The summed E-state index contributed by atoms with van der Waals surface area (Å²) < 4.78 is 5.75. The number of amides is 2. The first kappa shape index (κ1) is 20.2. The third kappa shape index (κ3) is 5.49. The Labute approximate surface area is 173 Å². The maximum atomic E-state index is 12.4. The molecule has 1 atom stereocenters. The summed E-state index contributed by atoms with van der Waals surface area (Å²) in [7, 11) is 0. The van der Waals surface area contributed by atoms with Gasteiger partial charge < -0.3 is 21.1 Å². The predicted octanol–water partition coefficient (Wildman–Crippen LogP) is 4.67. The summed E-state index contributed by atoms with van der Waals surface area (Å²) in [6, 6.07) is 20.3. The minimum Gasteiger partial charge on any atom is -0.456 e. The number of rotatable bonds is 7. The van der Waals surface area contributed by atoms with Crippen LogP contribution in [0.1, 0.15) is 17.3 Å². The molecule has 6 nitrogen and oxygen atoms in total. The Balaban J connectivity index is 1.57. The van der Waals surface area contributed by atoms with Crippen LogP contribution in [0.5, 0.6) is 11.5 Å². The van der Waals surface area contributed by atoms with Crippen molar-refractivity contribution in [2.75, 3.05) is 10.6 Å². The smallest absolute Gasteiger partial charge is 0.248 e. The summed E-state index contributed by atoms with van der Waals surface area (Å²) >= 11 is 6.09. The third-order valence-corrected chi connectivity index (χ3v) is 4.44. The lowest BCUT2D eigenvalue weighted by atomic mass is 10.2. The van der Waals surface area contributed by atoms with Crippen LogP contribution in [0.4, 0.5) is 11.4 Å². The Hall–Kier alpha value is -3.51. The average molecular weight is 410 g/mol. The summed E-state index contributed by atoms with van der Waals surface area (Å²) in [5.41, 5.74) is 6.94. The number of nitrogens with one attached hydrogen (secondary N) is 2. The van der Waals surface area contributed by atoms with Gasteiger partial charge in [0, 0.05) is 16.9 Å². The van der Waals surface area contributed by atoms with E-state index >= 15 is 0 Å². The number of hydrogen-bond donors (Lipinski definition) is 3. The monoisotopic (exact) mass is 409 g/mol. The molecule has 3 aromatic rings. The molecule has 4 N–H and O–H groups in total. The first-order valence-electron chi connectivity index (χ1n) is 8.92. The Morgan fingerprint density at radius 1 is 0.931 bits per heavy atom. The Morgan fingerprint density at radius 2 is 1.55 bits per heavy atom. The van der Waals surface area contributed by atoms with Crippen molar-refractivity contribution < 1.29 is 14.3 Å². The first-order valence-corrected chi connectivity index (χ1v) is 9.30. The number of nitrogens with two attached hydrogens (primary N) is 1. The van der Waals surface area contributed by atoms with Crippen LogP contribution in [0.2, 0.25) is 5.02 Å². The zero-order chi connectivity index (χ0) is 20.8. The van der Waals surface area contributed by atoms with E-state index in [1.54, 1.807) is 55.5 Å². The molecule has 7 heteroatoms. The highest BCUT2D eigenvalue weighted by atomic mass is 35.5. The summed E-state index contributed by atoms with van der Waals surface area (Å²) in [5, 5.41) is 6.44. The largest absolute Gasteiger partial charge is 0.456 e. The van der Waals surface area contributed by atoms with Crippen LogP contribution in [0.3, 0.4) is 0 Å². The molecule has 3 rings (SSSR count). The van der Waals surface area contributed by atoms with Crippen LogP contribution in [0, 0.1) is 0 Å². The second-order valence-electron chi connectivity index (χ2n) is 6.35. The second kappa shape index (κ2) is 9.12. The average Bonchev–Trinajstić information content (AvgIpc) is 2.71. The van der Waals surface area contributed by atoms with Crippen molar-refractivity contribution in [2.45, 2.75) is 13.0 Å². The number of carbonyl (C=O) groups excluding carboxylic acids is 2. The zero-order valence-corrected chi connectivity index (χ0v) is 16.4. The second-order valence-corrected chi connectivity index (χ2v) is 6.76. The van der Waals surface area contributed by atoms with Crippen LogP contribution in [0.15, 0.2) is 72.8 Å². The number of para-hydroxylation sites is 1. The van der Waals surface area contributed by atoms with Gasteiger partial charge >= 0.3 is 0 Å². The lowest BCUT2D eigenvalue weighted by Gasteiger charge is -2.16. The minimum absolute atomic E-state index is 0.215.